The molecule has 3 nitrogen and oxygen atoms in total. The first-order chi connectivity index (χ1) is 13.8. The summed E-state index contributed by atoms with van der Waals surface area (Å²) in [5.74, 6) is -0.462. The van der Waals surface area contributed by atoms with Crippen LogP contribution in [0.1, 0.15) is 39.7 Å². The highest BCUT2D eigenvalue weighted by atomic mass is 79.9. The maximum Gasteiger partial charge on any atom is 0.315 e. The third-order valence-electron chi connectivity index (χ3n) is 5.12. The number of benzene rings is 2. The second-order valence-corrected chi connectivity index (χ2v) is 10.7. The van der Waals surface area contributed by atoms with Crippen LogP contribution in [0.2, 0.25) is 0 Å². The van der Waals surface area contributed by atoms with Crippen molar-refractivity contribution >= 4 is 33.7 Å². The Morgan fingerprint density at radius 1 is 1.07 bits per heavy atom. The minimum absolute atomic E-state index is 0.0531. The predicted octanol–water partition coefficient (Wildman–Crippen LogP) is 6.49. The summed E-state index contributed by atoms with van der Waals surface area (Å²) < 4.78 is 13.0. The molecule has 0 bridgehead atoms. The van der Waals surface area contributed by atoms with Gasteiger partial charge in [-0.2, -0.15) is 0 Å². The Morgan fingerprint density at radius 3 is 2.34 bits per heavy atom. The Kier molecular flexibility index (Phi) is 7.47. The number of hydrogen-bond acceptors (Lipinski definition) is 4. The molecule has 0 aliphatic carbocycles. The van der Waals surface area contributed by atoms with Crippen LogP contribution in [0, 0.1) is 11.3 Å². The first kappa shape index (κ1) is 22.4. The molecule has 29 heavy (non-hydrogen) atoms. The summed E-state index contributed by atoms with van der Waals surface area (Å²) in [7, 11) is 0. The van der Waals surface area contributed by atoms with E-state index in [4.69, 9.17) is 9.47 Å². The topological polar surface area (TPSA) is 35.5 Å². The molecule has 1 heterocycles. The van der Waals surface area contributed by atoms with Crippen LogP contribution >= 0.6 is 27.7 Å². The van der Waals surface area contributed by atoms with Gasteiger partial charge in [-0.25, -0.2) is 0 Å². The van der Waals surface area contributed by atoms with E-state index in [0.29, 0.717) is 0 Å². The zero-order valence-electron chi connectivity index (χ0n) is 17.4. The van der Waals surface area contributed by atoms with Gasteiger partial charge in [0.25, 0.3) is 0 Å². The monoisotopic (exact) mass is 476 g/mol. The number of rotatable bonds is 6. The molecule has 0 aromatic heterocycles. The lowest BCUT2D eigenvalue weighted by atomic mass is 9.90. The molecule has 0 N–H and O–H groups in total. The fourth-order valence-electron chi connectivity index (χ4n) is 3.49. The SMILES string of the molecule is C[C@H]1O[C@@H](C(C)(C)C)OC(=O)[C@@H]1[C@@H](CCc1ccccc1)Sc1ccccc1Br. The molecule has 1 saturated heterocycles. The van der Waals surface area contributed by atoms with Gasteiger partial charge in [0.1, 0.15) is 0 Å². The smallest absolute Gasteiger partial charge is 0.315 e. The van der Waals surface area contributed by atoms with Crippen LogP contribution in [0.4, 0.5) is 0 Å². The molecule has 0 spiro atoms. The van der Waals surface area contributed by atoms with Crippen LogP contribution in [0.15, 0.2) is 64.0 Å². The maximum atomic E-state index is 13.1. The van der Waals surface area contributed by atoms with Crippen LogP contribution < -0.4 is 0 Å². The Labute approximate surface area is 186 Å². The first-order valence-corrected chi connectivity index (χ1v) is 11.7. The molecule has 5 heteroatoms. The van der Waals surface area contributed by atoms with E-state index in [2.05, 4.69) is 46.3 Å². The fourth-order valence-corrected chi connectivity index (χ4v) is 5.43. The lowest BCUT2D eigenvalue weighted by Crippen LogP contribution is -2.50. The van der Waals surface area contributed by atoms with E-state index in [0.717, 1.165) is 22.2 Å². The van der Waals surface area contributed by atoms with Gasteiger partial charge in [0.15, 0.2) is 0 Å². The standard InChI is InChI=1S/C24H29BrO3S/c1-16-21(22(26)28-23(27-16)24(2,3)4)20(15-14-17-10-6-5-7-11-17)29-19-13-9-8-12-18(19)25/h5-13,16,20-21,23H,14-15H2,1-4H3/t16-,20-,21+,23-/m1/s1. The molecule has 0 unspecified atom stereocenters. The Hall–Kier alpha value is -1.30. The Bertz CT molecular complexity index is 818. The van der Waals surface area contributed by atoms with Crippen LogP contribution in [0.25, 0.3) is 0 Å². The average Bonchev–Trinajstić information content (AvgIpc) is 2.67. The maximum absolute atomic E-state index is 13.1. The van der Waals surface area contributed by atoms with Gasteiger partial charge in [0, 0.05) is 20.0 Å². The fraction of sp³-hybridized carbons (Fsp3) is 0.458. The molecule has 0 amide bonds. The molecule has 1 aliphatic heterocycles. The van der Waals surface area contributed by atoms with Crippen molar-refractivity contribution in [3.8, 4) is 0 Å². The molecule has 156 valence electrons. The summed E-state index contributed by atoms with van der Waals surface area (Å²) in [6.07, 6.45) is 1.06. The van der Waals surface area contributed by atoms with E-state index in [1.54, 1.807) is 11.8 Å². The number of thioether (sulfide) groups is 1. The van der Waals surface area contributed by atoms with E-state index in [1.165, 1.54) is 5.56 Å². The summed E-state index contributed by atoms with van der Waals surface area (Å²) in [5, 5.41) is 0.0531. The minimum atomic E-state index is -0.510. The summed E-state index contributed by atoms with van der Waals surface area (Å²) in [4.78, 5) is 14.2. The van der Waals surface area contributed by atoms with Crippen LogP contribution in [0.3, 0.4) is 0 Å². The highest BCUT2D eigenvalue weighted by Gasteiger charge is 2.45. The van der Waals surface area contributed by atoms with Gasteiger partial charge in [-0.3, -0.25) is 4.79 Å². The first-order valence-electron chi connectivity index (χ1n) is 10.1. The van der Waals surface area contributed by atoms with Gasteiger partial charge in [-0.1, -0.05) is 63.2 Å². The Morgan fingerprint density at radius 2 is 1.72 bits per heavy atom. The lowest BCUT2D eigenvalue weighted by Gasteiger charge is -2.41. The van der Waals surface area contributed by atoms with Crippen molar-refractivity contribution in [1.82, 2.24) is 0 Å². The van der Waals surface area contributed by atoms with Crippen molar-refractivity contribution < 1.29 is 14.3 Å². The second kappa shape index (κ2) is 9.67. The molecule has 1 aliphatic rings. The predicted molar refractivity (Wildman–Crippen MR) is 122 cm³/mol. The van der Waals surface area contributed by atoms with E-state index in [9.17, 15) is 4.79 Å². The quantitative estimate of drug-likeness (QED) is 0.352. The molecular weight excluding hydrogens is 448 g/mol. The van der Waals surface area contributed by atoms with E-state index < -0.39 is 6.29 Å². The largest absolute Gasteiger partial charge is 0.435 e. The molecular formula is C24H29BrO3S. The highest BCUT2D eigenvalue weighted by Crippen LogP contribution is 2.41. The van der Waals surface area contributed by atoms with Crippen molar-refractivity contribution in [2.24, 2.45) is 11.3 Å². The van der Waals surface area contributed by atoms with Crippen molar-refractivity contribution in [3.63, 3.8) is 0 Å². The molecule has 4 atom stereocenters. The van der Waals surface area contributed by atoms with Crippen molar-refractivity contribution in [1.29, 1.82) is 0 Å². The molecule has 0 saturated carbocycles. The van der Waals surface area contributed by atoms with Crippen LogP contribution in [-0.2, 0) is 20.7 Å². The molecule has 2 aromatic rings. The summed E-state index contributed by atoms with van der Waals surface area (Å²) >= 11 is 5.37. The summed E-state index contributed by atoms with van der Waals surface area (Å²) in [6.45, 7) is 8.09. The molecule has 3 rings (SSSR count). The number of cyclic esters (lactones) is 1. The van der Waals surface area contributed by atoms with Gasteiger partial charge in [-0.15, -0.1) is 11.8 Å². The van der Waals surface area contributed by atoms with Gasteiger partial charge < -0.3 is 9.47 Å². The molecule has 0 radical (unpaired) electrons. The van der Waals surface area contributed by atoms with E-state index >= 15 is 0 Å². The van der Waals surface area contributed by atoms with E-state index in [1.807, 2.05) is 52.0 Å². The van der Waals surface area contributed by atoms with Gasteiger partial charge in [0.05, 0.1) is 12.0 Å². The zero-order valence-corrected chi connectivity index (χ0v) is 19.8. The number of aryl methyl sites for hydroxylation is 1. The molecule has 2 aromatic carbocycles. The van der Waals surface area contributed by atoms with E-state index in [-0.39, 0.29) is 28.7 Å². The number of esters is 1. The molecule has 1 fully saturated rings. The third kappa shape index (κ3) is 5.87. The average molecular weight is 477 g/mol. The third-order valence-corrected chi connectivity index (χ3v) is 7.52. The van der Waals surface area contributed by atoms with Gasteiger partial charge >= 0.3 is 5.97 Å². The summed E-state index contributed by atoms with van der Waals surface area (Å²) in [6, 6.07) is 18.5. The normalized spacial score (nSPS) is 23.5. The minimum Gasteiger partial charge on any atom is -0.435 e. The number of carbonyl (C=O) groups is 1. The van der Waals surface area contributed by atoms with Crippen molar-refractivity contribution in [2.75, 3.05) is 0 Å². The van der Waals surface area contributed by atoms with Gasteiger partial charge in [0.2, 0.25) is 6.29 Å². The Balaban J connectivity index is 1.81. The van der Waals surface area contributed by atoms with Gasteiger partial charge in [-0.05, 0) is 53.4 Å². The summed E-state index contributed by atoms with van der Waals surface area (Å²) in [5.41, 5.74) is 1.03. The highest BCUT2D eigenvalue weighted by molar-refractivity contribution is 9.10. The van der Waals surface area contributed by atoms with Crippen molar-refractivity contribution in [3.05, 3.63) is 64.6 Å². The number of carbonyl (C=O) groups excluding carboxylic acids is 1. The van der Waals surface area contributed by atoms with Crippen molar-refractivity contribution in [2.45, 2.75) is 63.1 Å². The number of halogens is 1. The number of hydrogen-bond donors (Lipinski definition) is 0. The zero-order chi connectivity index (χ0) is 21.0. The van der Waals surface area contributed by atoms with Crippen LogP contribution in [0.5, 0.6) is 0 Å². The number of ether oxygens (including phenoxy) is 2. The second-order valence-electron chi connectivity index (χ2n) is 8.61. The lowest BCUT2D eigenvalue weighted by molar-refractivity contribution is -0.253. The van der Waals surface area contributed by atoms with Crippen LogP contribution in [-0.4, -0.2) is 23.6 Å².